The molecule has 0 saturated carbocycles. The van der Waals surface area contributed by atoms with Gasteiger partial charge < -0.3 is 15.5 Å². The summed E-state index contributed by atoms with van der Waals surface area (Å²) in [6.07, 6.45) is 1.06. The van der Waals surface area contributed by atoms with E-state index in [4.69, 9.17) is 16.7 Å². The van der Waals surface area contributed by atoms with Gasteiger partial charge in [0.1, 0.15) is 5.70 Å². The molecule has 116 valence electrons. The highest BCUT2D eigenvalue weighted by atomic mass is 35.5. The van der Waals surface area contributed by atoms with Gasteiger partial charge in [0.25, 0.3) is 11.8 Å². The van der Waals surface area contributed by atoms with Crippen LogP contribution in [0.5, 0.6) is 0 Å². The van der Waals surface area contributed by atoms with Gasteiger partial charge in [-0.15, -0.1) is 0 Å². The average Bonchev–Trinajstić information content (AvgIpc) is 2.72. The highest BCUT2D eigenvalue weighted by Gasteiger charge is 2.31. The van der Waals surface area contributed by atoms with Gasteiger partial charge in [0.05, 0.1) is 24.4 Å². The van der Waals surface area contributed by atoms with E-state index >= 15 is 0 Å². The van der Waals surface area contributed by atoms with E-state index in [1.807, 2.05) is 0 Å². The second-order valence-electron chi connectivity index (χ2n) is 4.60. The molecule has 0 spiro atoms. The Morgan fingerprint density at radius 2 is 2.05 bits per heavy atom. The Kier molecular flexibility index (Phi) is 4.48. The number of hydrogen-bond acceptors (Lipinski definition) is 5. The van der Waals surface area contributed by atoms with Crippen LogP contribution >= 0.6 is 11.6 Å². The maximum atomic E-state index is 12.1. The number of carboxylic acids is 1. The first-order valence-electron chi connectivity index (χ1n) is 6.34. The number of amides is 2. The molecule has 0 bridgehead atoms. The van der Waals surface area contributed by atoms with E-state index in [0.29, 0.717) is 10.6 Å². The standard InChI is InChI=1S/C14H13ClN2O5/c1-7-9(15)3-2-8(14(21)22)12(7)16-10-6-11(19)17(4-5-18)13(10)20/h2-3,6,16,18H,4-5H2,1H3,(H,21,22). The molecule has 1 aliphatic heterocycles. The largest absolute Gasteiger partial charge is 0.478 e. The Morgan fingerprint density at radius 1 is 1.36 bits per heavy atom. The quantitative estimate of drug-likeness (QED) is 0.698. The van der Waals surface area contributed by atoms with Crippen LogP contribution in [0.3, 0.4) is 0 Å². The van der Waals surface area contributed by atoms with E-state index in [0.717, 1.165) is 11.0 Å². The van der Waals surface area contributed by atoms with Crippen LogP contribution in [-0.2, 0) is 9.59 Å². The third-order valence-electron chi connectivity index (χ3n) is 3.22. The minimum Gasteiger partial charge on any atom is -0.478 e. The number of imide groups is 1. The van der Waals surface area contributed by atoms with E-state index in [9.17, 15) is 19.5 Å². The summed E-state index contributed by atoms with van der Waals surface area (Å²) in [5.74, 6) is -2.39. The van der Waals surface area contributed by atoms with Crippen LogP contribution in [-0.4, -0.2) is 46.0 Å². The van der Waals surface area contributed by atoms with Crippen molar-refractivity contribution in [3.05, 3.63) is 40.1 Å². The molecule has 2 amide bonds. The summed E-state index contributed by atoms with van der Waals surface area (Å²) in [5.41, 5.74) is 0.469. The first kappa shape index (κ1) is 16.0. The normalized spacial score (nSPS) is 14.3. The Bertz CT molecular complexity index is 699. The number of anilines is 1. The van der Waals surface area contributed by atoms with Gasteiger partial charge in [-0.05, 0) is 24.6 Å². The van der Waals surface area contributed by atoms with E-state index in [1.165, 1.54) is 12.1 Å². The van der Waals surface area contributed by atoms with Crippen LogP contribution in [0.4, 0.5) is 5.69 Å². The van der Waals surface area contributed by atoms with Crippen molar-refractivity contribution in [3.8, 4) is 0 Å². The predicted molar refractivity (Wildman–Crippen MR) is 78.7 cm³/mol. The number of hydrogen-bond donors (Lipinski definition) is 3. The molecule has 0 fully saturated rings. The maximum absolute atomic E-state index is 12.1. The maximum Gasteiger partial charge on any atom is 0.337 e. The Balaban J connectivity index is 2.38. The molecule has 0 radical (unpaired) electrons. The molecule has 0 aliphatic carbocycles. The van der Waals surface area contributed by atoms with Gasteiger partial charge >= 0.3 is 5.97 Å². The van der Waals surface area contributed by atoms with Gasteiger partial charge in [-0.1, -0.05) is 11.6 Å². The van der Waals surface area contributed by atoms with Crippen molar-refractivity contribution in [3.63, 3.8) is 0 Å². The summed E-state index contributed by atoms with van der Waals surface area (Å²) < 4.78 is 0. The van der Waals surface area contributed by atoms with Crippen molar-refractivity contribution >= 4 is 35.1 Å². The van der Waals surface area contributed by atoms with Crippen LogP contribution in [0.15, 0.2) is 23.9 Å². The molecule has 0 atom stereocenters. The molecule has 1 aliphatic rings. The lowest BCUT2D eigenvalue weighted by Gasteiger charge is -2.16. The van der Waals surface area contributed by atoms with Gasteiger partial charge in [0.15, 0.2) is 0 Å². The molecule has 2 rings (SSSR count). The number of nitrogens with zero attached hydrogens (tertiary/aromatic N) is 1. The number of nitrogens with one attached hydrogen (secondary N) is 1. The third-order valence-corrected chi connectivity index (χ3v) is 3.63. The highest BCUT2D eigenvalue weighted by molar-refractivity contribution is 6.32. The summed E-state index contributed by atoms with van der Waals surface area (Å²) >= 11 is 5.97. The van der Waals surface area contributed by atoms with Crippen LogP contribution in [0.25, 0.3) is 0 Å². The Morgan fingerprint density at radius 3 is 2.64 bits per heavy atom. The van der Waals surface area contributed by atoms with E-state index < -0.39 is 17.8 Å². The molecule has 1 heterocycles. The molecule has 3 N–H and O–H groups in total. The zero-order valence-corrected chi connectivity index (χ0v) is 12.3. The Labute approximate surface area is 130 Å². The fourth-order valence-electron chi connectivity index (χ4n) is 2.07. The van der Waals surface area contributed by atoms with Crippen LogP contribution in [0, 0.1) is 6.92 Å². The number of rotatable bonds is 5. The number of aliphatic hydroxyl groups excluding tert-OH is 1. The molecule has 7 nitrogen and oxygen atoms in total. The molecular weight excluding hydrogens is 312 g/mol. The number of aromatic carboxylic acids is 1. The number of aliphatic hydroxyl groups is 1. The zero-order chi connectivity index (χ0) is 16.4. The van der Waals surface area contributed by atoms with E-state index in [-0.39, 0.29) is 30.1 Å². The number of benzene rings is 1. The van der Waals surface area contributed by atoms with Crippen molar-refractivity contribution in [2.24, 2.45) is 0 Å². The Hall–Kier alpha value is -2.38. The fourth-order valence-corrected chi connectivity index (χ4v) is 2.23. The molecule has 1 aromatic carbocycles. The summed E-state index contributed by atoms with van der Waals surface area (Å²) in [5, 5.41) is 21.1. The summed E-state index contributed by atoms with van der Waals surface area (Å²) in [6.45, 7) is 1.12. The van der Waals surface area contributed by atoms with Gasteiger partial charge in [-0.2, -0.15) is 0 Å². The van der Waals surface area contributed by atoms with Crippen LogP contribution in [0.1, 0.15) is 15.9 Å². The summed E-state index contributed by atoms with van der Waals surface area (Å²) in [6, 6.07) is 2.76. The molecule has 8 heteroatoms. The molecule has 22 heavy (non-hydrogen) atoms. The molecule has 0 aromatic heterocycles. The first-order valence-corrected chi connectivity index (χ1v) is 6.72. The topological polar surface area (TPSA) is 107 Å². The number of carbonyl (C=O) groups excluding carboxylic acids is 2. The summed E-state index contributed by atoms with van der Waals surface area (Å²) in [7, 11) is 0. The van der Waals surface area contributed by atoms with Crippen molar-refractivity contribution in [1.82, 2.24) is 4.90 Å². The first-order chi connectivity index (χ1) is 10.4. The number of halogens is 1. The van der Waals surface area contributed by atoms with Gasteiger partial charge in [-0.3, -0.25) is 14.5 Å². The predicted octanol–water partition coefficient (Wildman–Crippen LogP) is 1.00. The molecule has 1 aromatic rings. The summed E-state index contributed by atoms with van der Waals surface area (Å²) in [4.78, 5) is 35.9. The van der Waals surface area contributed by atoms with Gasteiger partial charge in [0, 0.05) is 11.1 Å². The van der Waals surface area contributed by atoms with Crippen LogP contribution < -0.4 is 5.32 Å². The fraction of sp³-hybridized carbons (Fsp3) is 0.214. The minimum atomic E-state index is -1.19. The van der Waals surface area contributed by atoms with Gasteiger partial charge in [-0.25, -0.2) is 4.79 Å². The molecule has 0 unspecified atom stereocenters. The zero-order valence-electron chi connectivity index (χ0n) is 11.6. The van der Waals surface area contributed by atoms with Gasteiger partial charge in [0.2, 0.25) is 0 Å². The lowest BCUT2D eigenvalue weighted by Crippen LogP contribution is -2.34. The number of β-amino-alcohol motifs (C(OH)–C–C–N with tert-alkyl or cyclic N) is 1. The van der Waals surface area contributed by atoms with Crippen molar-refractivity contribution in [1.29, 1.82) is 0 Å². The van der Waals surface area contributed by atoms with Crippen molar-refractivity contribution in [2.45, 2.75) is 6.92 Å². The van der Waals surface area contributed by atoms with Crippen LogP contribution in [0.2, 0.25) is 5.02 Å². The lowest BCUT2D eigenvalue weighted by molar-refractivity contribution is -0.137. The monoisotopic (exact) mass is 324 g/mol. The van der Waals surface area contributed by atoms with E-state index in [2.05, 4.69) is 5.32 Å². The van der Waals surface area contributed by atoms with E-state index in [1.54, 1.807) is 6.92 Å². The highest BCUT2D eigenvalue weighted by Crippen LogP contribution is 2.29. The number of carbonyl (C=O) groups is 3. The SMILES string of the molecule is Cc1c(Cl)ccc(C(=O)O)c1NC1=CC(=O)N(CCO)C1=O. The molecular formula is C14H13ClN2O5. The molecule has 0 saturated heterocycles. The van der Waals surface area contributed by atoms with Crippen molar-refractivity contribution < 1.29 is 24.6 Å². The van der Waals surface area contributed by atoms with Crippen molar-refractivity contribution in [2.75, 3.05) is 18.5 Å². The number of carboxylic acid groups (broad SMARTS) is 1. The third kappa shape index (κ3) is 2.81. The lowest BCUT2D eigenvalue weighted by atomic mass is 10.1. The minimum absolute atomic E-state index is 0.0636. The second kappa shape index (κ2) is 6.17. The smallest absolute Gasteiger partial charge is 0.337 e. The average molecular weight is 325 g/mol. The second-order valence-corrected chi connectivity index (χ2v) is 5.01.